The van der Waals surface area contributed by atoms with Crippen molar-refractivity contribution in [3.63, 3.8) is 0 Å². The normalized spacial score (nSPS) is 15.4. The molecule has 0 aliphatic heterocycles. The van der Waals surface area contributed by atoms with Crippen molar-refractivity contribution >= 4 is 0 Å². The Kier molecular flexibility index (Phi) is 4.07. The van der Waals surface area contributed by atoms with Crippen LogP contribution in [-0.2, 0) is 13.5 Å². The Hall–Kier alpha value is -0.900. The van der Waals surface area contributed by atoms with E-state index in [0.29, 0.717) is 12.0 Å². The molecule has 0 fully saturated rings. The minimum absolute atomic E-state index is 0.525. The van der Waals surface area contributed by atoms with Crippen molar-refractivity contribution in [3.05, 3.63) is 12.2 Å². The smallest absolute Gasteiger partial charge is 0.138 e. The molecule has 0 aliphatic carbocycles. The average Bonchev–Trinajstić information content (AvgIpc) is 2.59. The van der Waals surface area contributed by atoms with Gasteiger partial charge >= 0.3 is 0 Å². The van der Waals surface area contributed by atoms with Gasteiger partial charge < -0.3 is 5.32 Å². The predicted molar refractivity (Wildman–Crippen MR) is 57.0 cm³/mol. The summed E-state index contributed by atoms with van der Waals surface area (Å²) < 4.78 is 1.85. The molecule has 14 heavy (non-hydrogen) atoms. The number of aryl methyl sites for hydroxylation is 1. The van der Waals surface area contributed by atoms with Crippen LogP contribution in [0.25, 0.3) is 0 Å². The lowest BCUT2D eigenvalue weighted by atomic mass is 9.94. The summed E-state index contributed by atoms with van der Waals surface area (Å²) in [6.07, 6.45) is 3.77. The first kappa shape index (κ1) is 11.2. The van der Waals surface area contributed by atoms with Crippen molar-refractivity contribution in [2.24, 2.45) is 13.0 Å². The number of hydrogen-bond donors (Lipinski definition) is 1. The van der Waals surface area contributed by atoms with E-state index in [1.807, 2.05) is 18.8 Å². The molecule has 0 saturated heterocycles. The van der Waals surface area contributed by atoms with Crippen molar-refractivity contribution in [1.82, 2.24) is 20.1 Å². The van der Waals surface area contributed by atoms with Gasteiger partial charge in [-0.3, -0.25) is 4.68 Å². The number of rotatable bonds is 5. The van der Waals surface area contributed by atoms with E-state index in [0.717, 1.165) is 18.7 Å². The van der Waals surface area contributed by atoms with Crippen LogP contribution in [0.4, 0.5) is 0 Å². The zero-order valence-electron chi connectivity index (χ0n) is 9.49. The Morgan fingerprint density at radius 3 is 2.71 bits per heavy atom. The van der Waals surface area contributed by atoms with Crippen molar-refractivity contribution < 1.29 is 0 Å². The van der Waals surface area contributed by atoms with Gasteiger partial charge in [0.2, 0.25) is 0 Å². The van der Waals surface area contributed by atoms with Gasteiger partial charge in [0.15, 0.2) is 0 Å². The van der Waals surface area contributed by atoms with Crippen LogP contribution in [0, 0.1) is 5.92 Å². The molecule has 0 radical (unpaired) electrons. The second-order valence-corrected chi connectivity index (χ2v) is 3.75. The Balaban J connectivity index is 2.61. The maximum Gasteiger partial charge on any atom is 0.138 e. The molecule has 2 unspecified atom stereocenters. The van der Waals surface area contributed by atoms with Gasteiger partial charge in [0.1, 0.15) is 12.2 Å². The Morgan fingerprint density at radius 1 is 1.57 bits per heavy atom. The van der Waals surface area contributed by atoms with E-state index in [4.69, 9.17) is 0 Å². The lowest BCUT2D eigenvalue weighted by Crippen LogP contribution is -2.32. The maximum atomic E-state index is 4.24. The van der Waals surface area contributed by atoms with Crippen LogP contribution in [0.2, 0.25) is 0 Å². The molecule has 2 atom stereocenters. The molecule has 1 N–H and O–H groups in total. The highest BCUT2D eigenvalue weighted by Crippen LogP contribution is 2.13. The van der Waals surface area contributed by atoms with Crippen molar-refractivity contribution in [2.75, 3.05) is 7.05 Å². The van der Waals surface area contributed by atoms with Gasteiger partial charge in [0.05, 0.1) is 0 Å². The number of aromatic nitrogens is 3. The van der Waals surface area contributed by atoms with Gasteiger partial charge in [0.25, 0.3) is 0 Å². The largest absolute Gasteiger partial charge is 0.317 e. The molecule has 1 heterocycles. The predicted octanol–water partition coefficient (Wildman–Crippen LogP) is 0.992. The molecule has 4 heteroatoms. The fraction of sp³-hybridized carbons (Fsp3) is 0.800. The summed E-state index contributed by atoms with van der Waals surface area (Å²) in [4.78, 5) is 4.24. The molecule has 4 nitrogen and oxygen atoms in total. The molecule has 0 amide bonds. The highest BCUT2D eigenvalue weighted by molar-refractivity contribution is 4.88. The number of hydrogen-bond acceptors (Lipinski definition) is 3. The van der Waals surface area contributed by atoms with Crippen LogP contribution in [0.1, 0.15) is 26.1 Å². The maximum absolute atomic E-state index is 4.24. The summed E-state index contributed by atoms with van der Waals surface area (Å²) in [5, 5.41) is 7.36. The summed E-state index contributed by atoms with van der Waals surface area (Å²) in [6.45, 7) is 4.43. The summed E-state index contributed by atoms with van der Waals surface area (Å²) in [5.41, 5.74) is 0. The van der Waals surface area contributed by atoms with Gasteiger partial charge in [-0.1, -0.05) is 13.3 Å². The molecular formula is C10H20N4. The lowest BCUT2D eigenvalue weighted by Gasteiger charge is -2.21. The zero-order valence-corrected chi connectivity index (χ0v) is 9.49. The van der Waals surface area contributed by atoms with Gasteiger partial charge in [-0.25, -0.2) is 4.98 Å². The highest BCUT2D eigenvalue weighted by Gasteiger charge is 2.16. The summed E-state index contributed by atoms with van der Waals surface area (Å²) in [7, 11) is 3.95. The van der Waals surface area contributed by atoms with E-state index in [2.05, 4.69) is 29.2 Å². The number of nitrogens with zero attached hydrogens (tertiary/aromatic N) is 3. The van der Waals surface area contributed by atoms with Crippen LogP contribution >= 0.6 is 0 Å². The van der Waals surface area contributed by atoms with Crippen molar-refractivity contribution in [2.45, 2.75) is 32.7 Å². The first-order valence-electron chi connectivity index (χ1n) is 5.19. The molecule has 0 saturated carbocycles. The minimum atomic E-state index is 0.525. The second-order valence-electron chi connectivity index (χ2n) is 3.75. The third kappa shape index (κ3) is 2.54. The Bertz CT molecular complexity index is 269. The topological polar surface area (TPSA) is 42.7 Å². The van der Waals surface area contributed by atoms with Crippen LogP contribution in [0.3, 0.4) is 0 Å². The monoisotopic (exact) mass is 196 g/mol. The quantitative estimate of drug-likeness (QED) is 0.763. The fourth-order valence-corrected chi connectivity index (χ4v) is 1.65. The van der Waals surface area contributed by atoms with Crippen molar-refractivity contribution in [3.8, 4) is 0 Å². The van der Waals surface area contributed by atoms with Crippen molar-refractivity contribution in [1.29, 1.82) is 0 Å². The van der Waals surface area contributed by atoms with E-state index < -0.39 is 0 Å². The van der Waals surface area contributed by atoms with Crippen LogP contribution in [0.5, 0.6) is 0 Å². The van der Waals surface area contributed by atoms with E-state index >= 15 is 0 Å². The first-order valence-corrected chi connectivity index (χ1v) is 5.19. The van der Waals surface area contributed by atoms with Gasteiger partial charge in [-0.15, -0.1) is 0 Å². The molecule has 0 aliphatic rings. The first-order chi connectivity index (χ1) is 6.69. The fourth-order valence-electron chi connectivity index (χ4n) is 1.65. The van der Waals surface area contributed by atoms with Crippen LogP contribution in [-0.4, -0.2) is 27.9 Å². The van der Waals surface area contributed by atoms with Crippen LogP contribution in [0.15, 0.2) is 6.33 Å². The molecular weight excluding hydrogens is 176 g/mol. The lowest BCUT2D eigenvalue weighted by molar-refractivity contribution is 0.370. The Labute approximate surface area is 85.7 Å². The van der Waals surface area contributed by atoms with Crippen LogP contribution < -0.4 is 5.32 Å². The summed E-state index contributed by atoms with van der Waals surface area (Å²) in [6, 6.07) is 0.525. The Morgan fingerprint density at radius 2 is 2.29 bits per heavy atom. The third-order valence-corrected chi connectivity index (χ3v) is 2.94. The molecule has 1 aromatic heterocycles. The second kappa shape index (κ2) is 5.10. The van der Waals surface area contributed by atoms with Gasteiger partial charge in [0, 0.05) is 19.5 Å². The molecule has 0 spiro atoms. The molecule has 0 aromatic carbocycles. The summed E-state index contributed by atoms with van der Waals surface area (Å²) in [5.74, 6) is 1.70. The molecule has 1 aromatic rings. The molecule has 80 valence electrons. The molecule has 1 rings (SSSR count). The highest BCUT2D eigenvalue weighted by atomic mass is 15.3. The minimum Gasteiger partial charge on any atom is -0.317 e. The van der Waals surface area contributed by atoms with Gasteiger partial charge in [-0.05, 0) is 19.9 Å². The van der Waals surface area contributed by atoms with E-state index in [1.165, 1.54) is 0 Å². The SMILES string of the molecule is CCC(Cc1ncnn1C)C(C)NC. The standard InChI is InChI=1S/C10H20N4/c1-5-9(8(2)11-3)6-10-12-7-13-14(10)4/h7-9,11H,5-6H2,1-4H3. The number of nitrogens with one attached hydrogen (secondary N) is 1. The van der Waals surface area contributed by atoms with E-state index in [1.54, 1.807) is 6.33 Å². The van der Waals surface area contributed by atoms with Gasteiger partial charge in [-0.2, -0.15) is 5.10 Å². The average molecular weight is 196 g/mol. The zero-order chi connectivity index (χ0) is 10.6. The third-order valence-electron chi connectivity index (χ3n) is 2.94. The molecule has 0 bridgehead atoms. The van der Waals surface area contributed by atoms with E-state index in [-0.39, 0.29) is 0 Å². The summed E-state index contributed by atoms with van der Waals surface area (Å²) >= 11 is 0. The van der Waals surface area contributed by atoms with E-state index in [9.17, 15) is 0 Å².